The van der Waals surface area contributed by atoms with Gasteiger partial charge in [0.05, 0.1) is 0 Å². The van der Waals surface area contributed by atoms with Crippen LogP contribution >= 0.6 is 34.4 Å². The number of H-pyrrole nitrogens is 2. The summed E-state index contributed by atoms with van der Waals surface area (Å²) in [4.78, 5) is 46.2. The normalized spacial score (nSPS) is 11.2. The molecule has 0 radical (unpaired) electrons. The number of imidazole rings is 1. The van der Waals surface area contributed by atoms with Crippen molar-refractivity contribution in [2.24, 2.45) is 7.05 Å². The van der Waals surface area contributed by atoms with E-state index in [9.17, 15) is 14.4 Å². The van der Waals surface area contributed by atoms with Gasteiger partial charge in [-0.15, -0.1) is 21.5 Å². The predicted octanol–water partition coefficient (Wildman–Crippen LogP) is 1.73. The lowest BCUT2D eigenvalue weighted by atomic mass is 10.3. The van der Waals surface area contributed by atoms with Crippen molar-refractivity contribution in [2.45, 2.75) is 22.9 Å². The third-order valence-electron chi connectivity index (χ3n) is 3.96. The van der Waals surface area contributed by atoms with E-state index in [4.69, 9.17) is 0 Å². The summed E-state index contributed by atoms with van der Waals surface area (Å²) in [5.74, 6) is 1.03. The zero-order valence-corrected chi connectivity index (χ0v) is 17.5. The zero-order chi connectivity index (χ0) is 20.4. The molecule has 0 aliphatic carbocycles. The SMILES string of the molecule is Cn1c(=O)[nH]c(=O)c2[nH]c(CCC(=O)Nc3nnc(SCc4cccs4)s3)nc21. The molecular weight excluding hydrogens is 434 g/mol. The number of rotatable bonds is 7. The van der Waals surface area contributed by atoms with Gasteiger partial charge in [-0.2, -0.15) is 0 Å². The number of aromatic nitrogens is 6. The summed E-state index contributed by atoms with van der Waals surface area (Å²) in [7, 11) is 1.52. The molecule has 0 aliphatic rings. The van der Waals surface area contributed by atoms with Gasteiger partial charge in [-0.05, 0) is 11.4 Å². The molecule has 0 bridgehead atoms. The lowest BCUT2D eigenvalue weighted by molar-refractivity contribution is -0.116. The van der Waals surface area contributed by atoms with Crippen molar-refractivity contribution in [3.63, 3.8) is 0 Å². The number of carbonyl (C=O) groups excluding carboxylic acids is 1. The predicted molar refractivity (Wildman–Crippen MR) is 113 cm³/mol. The molecule has 1 amide bonds. The average Bonchev–Trinajstić information content (AvgIpc) is 3.43. The van der Waals surface area contributed by atoms with Gasteiger partial charge in [0.25, 0.3) is 5.56 Å². The molecular formula is C16H15N7O3S3. The number of anilines is 1. The quantitative estimate of drug-likeness (QED) is 0.288. The largest absolute Gasteiger partial charge is 0.336 e. The molecule has 3 N–H and O–H groups in total. The molecule has 29 heavy (non-hydrogen) atoms. The molecule has 0 spiro atoms. The first-order valence-corrected chi connectivity index (χ1v) is 11.1. The second-order valence-corrected chi connectivity index (χ2v) is 9.22. The topological polar surface area (TPSA) is 138 Å². The molecule has 0 saturated carbocycles. The molecule has 0 fully saturated rings. The maximum Gasteiger partial charge on any atom is 0.329 e. The summed E-state index contributed by atoms with van der Waals surface area (Å²) < 4.78 is 2.03. The van der Waals surface area contributed by atoms with Crippen LogP contribution in [0.25, 0.3) is 11.2 Å². The maximum atomic E-state index is 12.2. The molecule has 4 heterocycles. The van der Waals surface area contributed by atoms with E-state index in [0.717, 1.165) is 10.1 Å². The number of carbonyl (C=O) groups is 1. The van der Waals surface area contributed by atoms with Crippen LogP contribution in [0.15, 0.2) is 31.4 Å². The van der Waals surface area contributed by atoms with Crippen LogP contribution in [-0.4, -0.2) is 35.6 Å². The van der Waals surface area contributed by atoms with Gasteiger partial charge in [-0.25, -0.2) is 9.78 Å². The summed E-state index contributed by atoms with van der Waals surface area (Å²) in [6.07, 6.45) is 0.426. The second kappa shape index (κ2) is 8.31. The summed E-state index contributed by atoms with van der Waals surface area (Å²) in [5, 5.41) is 13.3. The molecule has 0 unspecified atom stereocenters. The fourth-order valence-electron chi connectivity index (χ4n) is 2.53. The third kappa shape index (κ3) is 4.46. The van der Waals surface area contributed by atoms with Crippen LogP contribution in [0.1, 0.15) is 17.1 Å². The smallest absolute Gasteiger partial charge is 0.329 e. The van der Waals surface area contributed by atoms with E-state index in [1.54, 1.807) is 23.1 Å². The van der Waals surface area contributed by atoms with Gasteiger partial charge >= 0.3 is 5.69 Å². The number of nitrogens with zero attached hydrogens (tertiary/aromatic N) is 4. The van der Waals surface area contributed by atoms with Gasteiger partial charge in [-0.3, -0.25) is 19.1 Å². The van der Waals surface area contributed by atoms with Crippen LogP contribution in [0.3, 0.4) is 0 Å². The van der Waals surface area contributed by atoms with Gasteiger partial charge in [0, 0.05) is 30.5 Å². The number of thiophene rings is 1. The molecule has 0 aromatic carbocycles. The monoisotopic (exact) mass is 449 g/mol. The van der Waals surface area contributed by atoms with E-state index in [1.807, 2.05) is 11.4 Å². The van der Waals surface area contributed by atoms with Crippen LogP contribution in [0, 0.1) is 0 Å². The Balaban J connectivity index is 1.34. The average molecular weight is 450 g/mol. The van der Waals surface area contributed by atoms with E-state index in [0.29, 0.717) is 11.0 Å². The number of aromatic amines is 2. The molecule has 150 valence electrons. The Hall–Kier alpha value is -2.77. The first kappa shape index (κ1) is 19.5. The van der Waals surface area contributed by atoms with Crippen LogP contribution in [0.2, 0.25) is 0 Å². The van der Waals surface area contributed by atoms with Gasteiger partial charge < -0.3 is 10.3 Å². The van der Waals surface area contributed by atoms with Crippen LogP contribution in [0.4, 0.5) is 5.13 Å². The number of aryl methyl sites for hydroxylation is 2. The first-order valence-electron chi connectivity index (χ1n) is 8.46. The number of nitrogens with one attached hydrogen (secondary N) is 3. The summed E-state index contributed by atoms with van der Waals surface area (Å²) in [6.45, 7) is 0. The van der Waals surface area contributed by atoms with Crippen molar-refractivity contribution in [3.05, 3.63) is 49.1 Å². The van der Waals surface area contributed by atoms with Gasteiger partial charge in [0.2, 0.25) is 11.0 Å². The molecule has 0 atom stereocenters. The van der Waals surface area contributed by atoms with Crippen LogP contribution < -0.4 is 16.6 Å². The minimum absolute atomic E-state index is 0.142. The minimum atomic E-state index is -0.540. The van der Waals surface area contributed by atoms with Crippen molar-refractivity contribution in [2.75, 3.05) is 5.32 Å². The van der Waals surface area contributed by atoms with Gasteiger partial charge in [0.15, 0.2) is 9.99 Å². The Kier molecular flexibility index (Phi) is 5.60. The molecule has 4 rings (SSSR count). The van der Waals surface area contributed by atoms with Crippen LogP contribution in [0.5, 0.6) is 0 Å². The summed E-state index contributed by atoms with van der Waals surface area (Å²) in [6, 6.07) is 4.06. The highest BCUT2D eigenvalue weighted by Crippen LogP contribution is 2.29. The Bertz CT molecular complexity index is 1270. The van der Waals surface area contributed by atoms with Gasteiger partial charge in [0.1, 0.15) is 11.3 Å². The highest BCUT2D eigenvalue weighted by atomic mass is 32.2. The number of hydrogen-bond acceptors (Lipinski definition) is 9. The minimum Gasteiger partial charge on any atom is -0.336 e. The lowest BCUT2D eigenvalue weighted by Gasteiger charge is -1.99. The fourth-order valence-corrected chi connectivity index (χ4v) is 5.07. The molecule has 10 nitrogen and oxygen atoms in total. The highest BCUT2D eigenvalue weighted by Gasteiger charge is 2.13. The number of amides is 1. The van der Waals surface area contributed by atoms with E-state index in [1.165, 1.54) is 27.8 Å². The maximum absolute atomic E-state index is 12.2. The summed E-state index contributed by atoms with van der Waals surface area (Å²) >= 11 is 4.58. The van der Waals surface area contributed by atoms with Crippen molar-refractivity contribution >= 4 is 56.6 Å². The fraction of sp³-hybridized carbons (Fsp3) is 0.250. The van der Waals surface area contributed by atoms with Crippen molar-refractivity contribution in [1.29, 1.82) is 0 Å². The standard InChI is InChI=1S/C16H15N7O3S3/c1-23-12-11(13(25)20-15(23)26)17-9(18-12)4-5-10(24)19-14-21-22-16(29-14)28-7-8-3-2-6-27-8/h2-3,6H,4-5,7H2,1H3,(H,17,18)(H,19,21,24)(H,20,25,26). The molecule has 13 heteroatoms. The Morgan fingerprint density at radius 3 is 2.97 bits per heavy atom. The van der Waals surface area contributed by atoms with Crippen molar-refractivity contribution in [1.82, 2.24) is 29.7 Å². The third-order valence-corrected chi connectivity index (χ3v) is 7.04. The lowest BCUT2D eigenvalue weighted by Crippen LogP contribution is -2.28. The molecule has 4 aromatic heterocycles. The van der Waals surface area contributed by atoms with E-state index < -0.39 is 11.2 Å². The Morgan fingerprint density at radius 1 is 1.31 bits per heavy atom. The van der Waals surface area contributed by atoms with Crippen molar-refractivity contribution in [3.8, 4) is 0 Å². The Morgan fingerprint density at radius 2 is 2.17 bits per heavy atom. The van der Waals surface area contributed by atoms with E-state index >= 15 is 0 Å². The second-order valence-electron chi connectivity index (χ2n) is 5.99. The number of thioether (sulfide) groups is 1. The van der Waals surface area contributed by atoms with Gasteiger partial charge in [-0.1, -0.05) is 29.2 Å². The van der Waals surface area contributed by atoms with Crippen LogP contribution in [-0.2, 0) is 24.0 Å². The highest BCUT2D eigenvalue weighted by molar-refractivity contribution is 8.00. The number of fused-ring (bicyclic) bond motifs is 1. The van der Waals surface area contributed by atoms with Crippen molar-refractivity contribution < 1.29 is 4.79 Å². The molecule has 4 aromatic rings. The van der Waals surface area contributed by atoms with E-state index in [2.05, 4.69) is 36.5 Å². The Labute approximate surface area is 175 Å². The molecule has 0 saturated heterocycles. The zero-order valence-electron chi connectivity index (χ0n) is 15.1. The number of hydrogen-bond donors (Lipinski definition) is 3. The first-order chi connectivity index (χ1) is 14.0. The molecule has 0 aliphatic heterocycles. The van der Waals surface area contributed by atoms with E-state index in [-0.39, 0.29) is 29.9 Å². The summed E-state index contributed by atoms with van der Waals surface area (Å²) in [5.41, 5.74) is -0.611.